The van der Waals surface area contributed by atoms with Crippen molar-refractivity contribution in [3.63, 3.8) is 0 Å². The molecule has 0 saturated heterocycles. The predicted octanol–water partition coefficient (Wildman–Crippen LogP) is 6.86. The summed E-state index contributed by atoms with van der Waals surface area (Å²) in [6, 6.07) is 0. The fraction of sp³-hybridized carbons (Fsp3) is 0.808. The van der Waals surface area contributed by atoms with Crippen LogP contribution in [-0.4, -0.2) is 20.4 Å². The standard InChI is InChI=1S/C26H42O3Si/c1-17(29-30(5,6)7)22-10-11-23-21-9-8-19-16-20(28-18(2)27)12-14-25(19,3)24(21)13-15-26(22,23)4/h11,19-22,24H,1,8-10,12-16H2,2-7H3/t19-,20-,21-,22+,24-,25-,26+/m0/s1. The molecule has 0 aromatic heterocycles. The van der Waals surface area contributed by atoms with Crippen molar-refractivity contribution in [1.29, 1.82) is 0 Å². The fourth-order valence-electron chi connectivity index (χ4n) is 7.84. The van der Waals surface area contributed by atoms with Gasteiger partial charge in [-0.15, -0.1) is 0 Å². The maximum absolute atomic E-state index is 11.5. The minimum atomic E-state index is -1.62. The summed E-state index contributed by atoms with van der Waals surface area (Å²) in [7, 11) is -1.62. The lowest BCUT2D eigenvalue weighted by Gasteiger charge is -2.59. The first-order valence-electron chi connectivity index (χ1n) is 12.2. The number of carbonyl (C=O) groups excluding carboxylic acids is 1. The molecule has 0 aromatic rings. The molecule has 4 rings (SSSR count). The number of hydrogen-bond donors (Lipinski definition) is 0. The molecule has 0 bridgehead atoms. The van der Waals surface area contributed by atoms with E-state index >= 15 is 0 Å². The van der Waals surface area contributed by atoms with Crippen molar-refractivity contribution in [3.05, 3.63) is 24.0 Å². The number of fused-ring (bicyclic) bond motifs is 5. The highest BCUT2D eigenvalue weighted by Crippen LogP contribution is 2.66. The van der Waals surface area contributed by atoms with E-state index in [4.69, 9.17) is 9.16 Å². The Morgan fingerprint density at radius 1 is 1.13 bits per heavy atom. The van der Waals surface area contributed by atoms with Gasteiger partial charge in [0.25, 0.3) is 0 Å². The van der Waals surface area contributed by atoms with Gasteiger partial charge in [0.1, 0.15) is 6.10 Å². The average Bonchev–Trinajstić information content (AvgIpc) is 2.97. The average molecular weight is 431 g/mol. The summed E-state index contributed by atoms with van der Waals surface area (Å²) >= 11 is 0. The minimum absolute atomic E-state index is 0.117. The second-order valence-electron chi connectivity index (χ2n) is 12.1. The van der Waals surface area contributed by atoms with Gasteiger partial charge in [0, 0.05) is 12.8 Å². The first kappa shape index (κ1) is 22.2. The first-order chi connectivity index (χ1) is 13.9. The summed E-state index contributed by atoms with van der Waals surface area (Å²) in [5.41, 5.74) is 2.35. The molecular formula is C26H42O3Si. The lowest BCUT2D eigenvalue weighted by atomic mass is 9.46. The van der Waals surface area contributed by atoms with E-state index in [1.54, 1.807) is 12.5 Å². The van der Waals surface area contributed by atoms with E-state index in [1.165, 1.54) is 32.1 Å². The number of esters is 1. The fourth-order valence-corrected chi connectivity index (χ4v) is 8.77. The van der Waals surface area contributed by atoms with E-state index < -0.39 is 8.32 Å². The number of allylic oxidation sites excluding steroid dienone is 3. The van der Waals surface area contributed by atoms with Crippen LogP contribution in [0.1, 0.15) is 72.1 Å². The molecule has 4 aliphatic rings. The second kappa shape index (κ2) is 7.53. The van der Waals surface area contributed by atoms with Crippen molar-refractivity contribution >= 4 is 14.3 Å². The largest absolute Gasteiger partial charge is 0.548 e. The highest BCUT2D eigenvalue weighted by atomic mass is 28.4. The number of ether oxygens (including phenoxy) is 1. The van der Waals surface area contributed by atoms with Crippen LogP contribution in [0.5, 0.6) is 0 Å². The van der Waals surface area contributed by atoms with Crippen molar-refractivity contribution in [2.24, 2.45) is 34.5 Å². The van der Waals surface area contributed by atoms with E-state index in [0.29, 0.717) is 17.3 Å². The van der Waals surface area contributed by atoms with Crippen LogP contribution >= 0.6 is 0 Å². The Labute approximate surface area is 184 Å². The van der Waals surface area contributed by atoms with Crippen LogP contribution in [0.2, 0.25) is 19.6 Å². The van der Waals surface area contributed by atoms with Crippen molar-refractivity contribution < 1.29 is 14.0 Å². The van der Waals surface area contributed by atoms with Gasteiger partial charge in [-0.3, -0.25) is 4.79 Å². The maximum Gasteiger partial charge on any atom is 0.302 e. The zero-order chi connectivity index (χ0) is 21.9. The summed E-state index contributed by atoms with van der Waals surface area (Å²) in [6.07, 6.45) is 12.3. The molecule has 3 fully saturated rings. The third-order valence-electron chi connectivity index (χ3n) is 9.18. The molecule has 0 aliphatic heterocycles. The van der Waals surface area contributed by atoms with E-state index in [-0.39, 0.29) is 17.5 Å². The molecule has 3 saturated carbocycles. The minimum Gasteiger partial charge on any atom is -0.548 e. The highest BCUT2D eigenvalue weighted by Gasteiger charge is 2.58. The van der Waals surface area contributed by atoms with Crippen LogP contribution in [-0.2, 0) is 14.0 Å². The van der Waals surface area contributed by atoms with Gasteiger partial charge in [0.15, 0.2) is 0 Å². The summed E-state index contributed by atoms with van der Waals surface area (Å²) in [5, 5.41) is 0. The first-order valence-corrected chi connectivity index (χ1v) is 15.6. The molecule has 0 unspecified atom stereocenters. The smallest absolute Gasteiger partial charge is 0.302 e. The van der Waals surface area contributed by atoms with Gasteiger partial charge < -0.3 is 9.16 Å². The van der Waals surface area contributed by atoms with Crippen LogP contribution < -0.4 is 0 Å². The van der Waals surface area contributed by atoms with Gasteiger partial charge in [0.05, 0.1) is 5.76 Å². The van der Waals surface area contributed by atoms with Crippen LogP contribution in [0.15, 0.2) is 24.0 Å². The summed E-state index contributed by atoms with van der Waals surface area (Å²) in [5.74, 6) is 3.57. The van der Waals surface area contributed by atoms with Crippen molar-refractivity contribution in [2.45, 2.75) is 97.9 Å². The lowest BCUT2D eigenvalue weighted by molar-refractivity contribution is -0.155. The molecule has 0 spiro atoms. The van der Waals surface area contributed by atoms with Gasteiger partial charge in [0.2, 0.25) is 8.32 Å². The Morgan fingerprint density at radius 2 is 1.87 bits per heavy atom. The molecule has 3 nitrogen and oxygen atoms in total. The Bertz CT molecular complexity index is 750. The summed E-state index contributed by atoms with van der Waals surface area (Å²) in [4.78, 5) is 11.5. The second-order valence-corrected chi connectivity index (χ2v) is 16.5. The zero-order valence-corrected chi connectivity index (χ0v) is 21.1. The lowest BCUT2D eigenvalue weighted by Crippen LogP contribution is -2.52. The Balaban J connectivity index is 1.51. The number of rotatable bonds is 4. The monoisotopic (exact) mass is 430 g/mol. The highest BCUT2D eigenvalue weighted by molar-refractivity contribution is 6.70. The third-order valence-corrected chi connectivity index (χ3v) is 10.1. The summed E-state index contributed by atoms with van der Waals surface area (Å²) in [6.45, 7) is 17.8. The van der Waals surface area contributed by atoms with Gasteiger partial charge in [-0.25, -0.2) is 0 Å². The topological polar surface area (TPSA) is 35.5 Å². The Kier molecular flexibility index (Phi) is 5.57. The summed E-state index contributed by atoms with van der Waals surface area (Å²) < 4.78 is 12.0. The van der Waals surface area contributed by atoms with E-state index in [1.807, 2.05) is 0 Å². The van der Waals surface area contributed by atoms with Crippen LogP contribution in [0.25, 0.3) is 0 Å². The van der Waals surface area contributed by atoms with E-state index in [9.17, 15) is 4.79 Å². The SMILES string of the molecule is C=C(O[Si](C)(C)C)[C@H]1CC=C2[C@@H]3CC[C@H]4C[C@@H](OC(C)=O)CC[C@]4(C)[C@H]3CC[C@@]21C. The van der Waals surface area contributed by atoms with Crippen molar-refractivity contribution in [3.8, 4) is 0 Å². The molecule has 4 aliphatic carbocycles. The molecule has 0 radical (unpaired) electrons. The zero-order valence-electron chi connectivity index (χ0n) is 20.1. The molecule has 0 aromatic carbocycles. The van der Waals surface area contributed by atoms with Gasteiger partial charge in [-0.1, -0.05) is 32.1 Å². The number of hydrogen-bond acceptors (Lipinski definition) is 3. The Morgan fingerprint density at radius 3 is 2.53 bits per heavy atom. The molecule has 30 heavy (non-hydrogen) atoms. The molecule has 168 valence electrons. The van der Waals surface area contributed by atoms with Crippen LogP contribution in [0.3, 0.4) is 0 Å². The molecule has 4 heteroatoms. The van der Waals surface area contributed by atoms with Crippen LogP contribution in [0.4, 0.5) is 0 Å². The van der Waals surface area contributed by atoms with Gasteiger partial charge in [-0.2, -0.15) is 0 Å². The third kappa shape index (κ3) is 3.71. The predicted molar refractivity (Wildman–Crippen MR) is 124 cm³/mol. The van der Waals surface area contributed by atoms with E-state index in [2.05, 4.69) is 46.1 Å². The molecule has 0 heterocycles. The molecule has 7 atom stereocenters. The van der Waals surface area contributed by atoms with Crippen LogP contribution in [0, 0.1) is 34.5 Å². The van der Waals surface area contributed by atoms with Crippen molar-refractivity contribution in [1.82, 2.24) is 0 Å². The maximum atomic E-state index is 11.5. The Hall–Kier alpha value is -1.03. The molecule has 0 N–H and O–H groups in total. The van der Waals surface area contributed by atoms with Gasteiger partial charge in [-0.05, 0) is 99.6 Å². The molecule has 0 amide bonds. The normalized spacial score (nSPS) is 43.0. The quantitative estimate of drug-likeness (QED) is 0.211. The van der Waals surface area contributed by atoms with Gasteiger partial charge >= 0.3 is 5.97 Å². The van der Waals surface area contributed by atoms with E-state index in [0.717, 1.165) is 36.9 Å². The molecular weight excluding hydrogens is 388 g/mol. The number of carbonyl (C=O) groups is 1. The van der Waals surface area contributed by atoms with Crippen molar-refractivity contribution in [2.75, 3.05) is 0 Å².